The Morgan fingerprint density at radius 1 is 0.952 bits per heavy atom. The van der Waals surface area contributed by atoms with E-state index in [2.05, 4.69) is 26.7 Å². The van der Waals surface area contributed by atoms with Gasteiger partial charge < -0.3 is 9.80 Å². The second-order valence-electron chi connectivity index (χ2n) is 6.00. The van der Waals surface area contributed by atoms with Gasteiger partial charge in [-0.1, -0.05) is 19.8 Å². The smallest absolute Gasteiger partial charge is 0.231 e. The lowest BCUT2D eigenvalue weighted by Crippen LogP contribution is -2.36. The summed E-state index contributed by atoms with van der Waals surface area (Å²) in [5.74, 6) is 1.52. The number of rotatable bonds is 3. The molecule has 0 amide bonds. The van der Waals surface area contributed by atoms with Crippen molar-refractivity contribution in [3.63, 3.8) is 0 Å². The third kappa shape index (κ3) is 3.39. The van der Waals surface area contributed by atoms with Gasteiger partial charge in [0.1, 0.15) is 0 Å². The molecule has 2 aliphatic rings. The molecule has 2 saturated heterocycles. The summed E-state index contributed by atoms with van der Waals surface area (Å²) in [4.78, 5) is 18.0. The summed E-state index contributed by atoms with van der Waals surface area (Å²) < 4.78 is 0. The maximum absolute atomic E-state index is 6.16. The quantitative estimate of drug-likeness (QED) is 0.857. The third-order valence-electron chi connectivity index (χ3n) is 4.58. The topological polar surface area (TPSA) is 45.2 Å². The molecule has 1 aromatic heterocycles. The lowest BCUT2D eigenvalue weighted by atomic mass is 10.1. The number of hydrogen-bond acceptors (Lipinski definition) is 5. The molecule has 0 aliphatic carbocycles. The predicted molar refractivity (Wildman–Crippen MR) is 86.2 cm³/mol. The van der Waals surface area contributed by atoms with Gasteiger partial charge in [0.05, 0.1) is 0 Å². The van der Waals surface area contributed by atoms with Crippen LogP contribution >= 0.6 is 11.6 Å². The van der Waals surface area contributed by atoms with Crippen LogP contribution in [0.25, 0.3) is 0 Å². The predicted octanol–water partition coefficient (Wildman–Crippen LogP) is 3.28. The zero-order valence-electron chi connectivity index (χ0n) is 12.8. The summed E-state index contributed by atoms with van der Waals surface area (Å²) in [6.45, 7) is 5.32. The van der Waals surface area contributed by atoms with Gasteiger partial charge in [-0.3, -0.25) is 0 Å². The number of aromatic nitrogens is 3. The van der Waals surface area contributed by atoms with Crippen molar-refractivity contribution in [1.82, 2.24) is 15.0 Å². The van der Waals surface area contributed by atoms with Gasteiger partial charge in [-0.2, -0.15) is 15.0 Å². The standard InChI is InChI=1S/C15H24ClN5/c1-2-12-8-4-3-5-11-21(12)15-18-13(16)17-14(19-15)20-9-6-7-10-20/h12H,2-11H2,1H3. The molecule has 3 rings (SSSR count). The molecule has 1 aromatic rings. The Bertz CT molecular complexity index is 475. The molecule has 116 valence electrons. The fraction of sp³-hybridized carbons (Fsp3) is 0.800. The van der Waals surface area contributed by atoms with Crippen molar-refractivity contribution in [2.24, 2.45) is 0 Å². The molecule has 6 heteroatoms. The van der Waals surface area contributed by atoms with E-state index in [1.807, 2.05) is 0 Å². The molecule has 1 unspecified atom stereocenters. The molecule has 0 radical (unpaired) electrons. The number of nitrogens with zero attached hydrogens (tertiary/aromatic N) is 5. The Morgan fingerprint density at radius 3 is 2.43 bits per heavy atom. The molecular weight excluding hydrogens is 286 g/mol. The van der Waals surface area contributed by atoms with E-state index in [0.717, 1.165) is 38.0 Å². The van der Waals surface area contributed by atoms with Crippen molar-refractivity contribution in [3.8, 4) is 0 Å². The summed E-state index contributed by atoms with van der Waals surface area (Å²) >= 11 is 6.16. The van der Waals surface area contributed by atoms with Crippen LogP contribution in [0.2, 0.25) is 5.28 Å². The highest BCUT2D eigenvalue weighted by Gasteiger charge is 2.24. The van der Waals surface area contributed by atoms with E-state index >= 15 is 0 Å². The fourth-order valence-electron chi connectivity index (χ4n) is 3.38. The lowest BCUT2D eigenvalue weighted by molar-refractivity contribution is 0.546. The Labute approximate surface area is 131 Å². The van der Waals surface area contributed by atoms with Gasteiger partial charge in [-0.15, -0.1) is 0 Å². The van der Waals surface area contributed by atoms with Gasteiger partial charge in [0.15, 0.2) is 0 Å². The first-order chi connectivity index (χ1) is 10.3. The van der Waals surface area contributed by atoms with Crippen LogP contribution in [0.15, 0.2) is 0 Å². The molecule has 21 heavy (non-hydrogen) atoms. The van der Waals surface area contributed by atoms with Crippen LogP contribution < -0.4 is 9.80 Å². The lowest BCUT2D eigenvalue weighted by Gasteiger charge is -2.29. The molecule has 0 aromatic carbocycles. The Hall–Kier alpha value is -1.10. The molecular formula is C15H24ClN5. The van der Waals surface area contributed by atoms with E-state index in [1.165, 1.54) is 38.5 Å². The zero-order valence-corrected chi connectivity index (χ0v) is 13.5. The monoisotopic (exact) mass is 309 g/mol. The maximum Gasteiger partial charge on any atom is 0.231 e. The minimum Gasteiger partial charge on any atom is -0.341 e. The van der Waals surface area contributed by atoms with E-state index < -0.39 is 0 Å². The Morgan fingerprint density at radius 2 is 1.67 bits per heavy atom. The molecule has 0 spiro atoms. The largest absolute Gasteiger partial charge is 0.341 e. The van der Waals surface area contributed by atoms with Crippen molar-refractivity contribution < 1.29 is 0 Å². The average molecular weight is 310 g/mol. The summed E-state index contributed by atoms with van der Waals surface area (Å²) in [6.07, 6.45) is 8.57. The SMILES string of the molecule is CCC1CCCCCN1c1nc(Cl)nc(N2CCCC2)n1. The highest BCUT2D eigenvalue weighted by atomic mass is 35.5. The zero-order chi connectivity index (χ0) is 14.7. The second kappa shape index (κ2) is 6.77. The van der Waals surface area contributed by atoms with Crippen LogP contribution in [0.1, 0.15) is 51.9 Å². The first-order valence-corrected chi connectivity index (χ1v) is 8.59. The van der Waals surface area contributed by atoms with Crippen molar-refractivity contribution >= 4 is 23.5 Å². The highest BCUT2D eigenvalue weighted by Crippen LogP contribution is 2.26. The molecule has 0 bridgehead atoms. The van der Waals surface area contributed by atoms with E-state index in [1.54, 1.807) is 0 Å². The Balaban J connectivity index is 1.88. The van der Waals surface area contributed by atoms with Crippen LogP contribution in [-0.4, -0.2) is 40.6 Å². The van der Waals surface area contributed by atoms with Crippen LogP contribution in [0.4, 0.5) is 11.9 Å². The molecule has 0 saturated carbocycles. The normalized spacial score (nSPS) is 23.4. The minimum absolute atomic E-state index is 0.320. The van der Waals surface area contributed by atoms with Gasteiger partial charge in [-0.05, 0) is 43.7 Å². The molecule has 3 heterocycles. The Kier molecular flexibility index (Phi) is 4.78. The van der Waals surface area contributed by atoms with E-state index in [4.69, 9.17) is 16.6 Å². The molecule has 2 fully saturated rings. The molecule has 5 nitrogen and oxygen atoms in total. The van der Waals surface area contributed by atoms with Gasteiger partial charge in [0.25, 0.3) is 0 Å². The third-order valence-corrected chi connectivity index (χ3v) is 4.75. The summed E-state index contributed by atoms with van der Waals surface area (Å²) in [5.41, 5.74) is 0. The number of hydrogen-bond donors (Lipinski definition) is 0. The molecule has 1 atom stereocenters. The average Bonchev–Trinajstić information content (AvgIpc) is 2.91. The van der Waals surface area contributed by atoms with E-state index in [9.17, 15) is 0 Å². The van der Waals surface area contributed by atoms with E-state index in [-0.39, 0.29) is 0 Å². The first kappa shape index (κ1) is 14.8. The van der Waals surface area contributed by atoms with Crippen molar-refractivity contribution in [2.45, 2.75) is 57.9 Å². The summed E-state index contributed by atoms with van der Waals surface area (Å²) in [5, 5.41) is 0.320. The van der Waals surface area contributed by atoms with Crippen molar-refractivity contribution in [2.75, 3.05) is 29.4 Å². The first-order valence-electron chi connectivity index (χ1n) is 8.21. The van der Waals surface area contributed by atoms with Gasteiger partial charge >= 0.3 is 0 Å². The van der Waals surface area contributed by atoms with Crippen LogP contribution in [0.3, 0.4) is 0 Å². The fourth-order valence-corrected chi connectivity index (χ4v) is 3.53. The minimum atomic E-state index is 0.320. The highest BCUT2D eigenvalue weighted by molar-refractivity contribution is 6.28. The van der Waals surface area contributed by atoms with Crippen LogP contribution in [0, 0.1) is 0 Å². The summed E-state index contributed by atoms with van der Waals surface area (Å²) in [7, 11) is 0. The van der Waals surface area contributed by atoms with Gasteiger partial charge in [0, 0.05) is 25.7 Å². The number of halogens is 1. The van der Waals surface area contributed by atoms with Crippen LogP contribution in [0.5, 0.6) is 0 Å². The van der Waals surface area contributed by atoms with Gasteiger partial charge in [0.2, 0.25) is 17.2 Å². The molecule has 0 N–H and O–H groups in total. The van der Waals surface area contributed by atoms with Crippen molar-refractivity contribution in [1.29, 1.82) is 0 Å². The van der Waals surface area contributed by atoms with Crippen LogP contribution in [-0.2, 0) is 0 Å². The van der Waals surface area contributed by atoms with Crippen molar-refractivity contribution in [3.05, 3.63) is 5.28 Å². The van der Waals surface area contributed by atoms with E-state index in [0.29, 0.717) is 11.3 Å². The maximum atomic E-state index is 6.16. The summed E-state index contributed by atoms with van der Waals surface area (Å²) in [6, 6.07) is 0.525. The number of anilines is 2. The second-order valence-corrected chi connectivity index (χ2v) is 6.34. The molecule has 2 aliphatic heterocycles. The van der Waals surface area contributed by atoms with Gasteiger partial charge in [-0.25, -0.2) is 0 Å².